The number of aromatic amines is 1. The van der Waals surface area contributed by atoms with Crippen LogP contribution in [0.15, 0.2) is 35.5 Å². The maximum Gasteiger partial charge on any atom is 0.271 e. The molecule has 0 aliphatic rings. The van der Waals surface area contributed by atoms with E-state index in [1.807, 2.05) is 4.72 Å². The lowest BCUT2D eigenvalue weighted by Gasteiger charge is -2.06. The highest BCUT2D eigenvalue weighted by Gasteiger charge is 2.19. The lowest BCUT2D eigenvalue weighted by Crippen LogP contribution is -2.13. The van der Waals surface area contributed by atoms with Crippen molar-refractivity contribution in [3.05, 3.63) is 46.5 Å². The summed E-state index contributed by atoms with van der Waals surface area (Å²) in [6, 6.07) is 2.54. The topological polar surface area (TPSA) is 118 Å². The Labute approximate surface area is 106 Å². The number of hydrogen-bond donors (Lipinski definition) is 2. The fourth-order valence-corrected chi connectivity index (χ4v) is 2.26. The normalized spacial score (nSPS) is 11.2. The van der Waals surface area contributed by atoms with Crippen molar-refractivity contribution in [2.24, 2.45) is 0 Å². The van der Waals surface area contributed by atoms with Crippen LogP contribution in [0.25, 0.3) is 0 Å². The van der Waals surface area contributed by atoms with Gasteiger partial charge in [0.2, 0.25) is 0 Å². The Bertz CT molecular complexity index is 714. The molecule has 1 aromatic heterocycles. The van der Waals surface area contributed by atoms with E-state index in [2.05, 4.69) is 10.2 Å². The summed E-state index contributed by atoms with van der Waals surface area (Å²) in [6.07, 6.45) is 2.12. The van der Waals surface area contributed by atoms with E-state index in [9.17, 15) is 22.9 Å². The quantitative estimate of drug-likeness (QED) is 0.648. The molecule has 8 nitrogen and oxygen atoms in total. The number of nitrogens with zero attached hydrogens (tertiary/aromatic N) is 2. The molecule has 1 aromatic carbocycles. The Morgan fingerprint density at radius 2 is 2.16 bits per heavy atom. The van der Waals surface area contributed by atoms with E-state index in [0.717, 1.165) is 30.6 Å². The lowest BCUT2D eigenvalue weighted by molar-refractivity contribution is -0.384. The number of sulfonamides is 1. The summed E-state index contributed by atoms with van der Waals surface area (Å²) in [7, 11) is -4.04. The highest BCUT2D eigenvalue weighted by Crippen LogP contribution is 2.23. The summed E-state index contributed by atoms with van der Waals surface area (Å²) in [5.41, 5.74) is -0.929. The Morgan fingerprint density at radius 1 is 1.42 bits per heavy atom. The number of aromatic nitrogens is 2. The van der Waals surface area contributed by atoms with Gasteiger partial charge in [0, 0.05) is 18.3 Å². The molecule has 19 heavy (non-hydrogen) atoms. The molecule has 0 bridgehead atoms. The molecular weight excluding hydrogens is 279 g/mol. The van der Waals surface area contributed by atoms with Crippen molar-refractivity contribution in [3.8, 4) is 0 Å². The number of nitro benzene ring substituents is 1. The number of anilines is 1. The van der Waals surface area contributed by atoms with E-state index in [4.69, 9.17) is 0 Å². The van der Waals surface area contributed by atoms with Crippen LogP contribution in [0.2, 0.25) is 0 Å². The van der Waals surface area contributed by atoms with Crippen molar-refractivity contribution >= 4 is 21.4 Å². The number of nitrogens with one attached hydrogen (secondary N) is 2. The van der Waals surface area contributed by atoms with Gasteiger partial charge in [0.25, 0.3) is 15.7 Å². The molecule has 0 aliphatic heterocycles. The molecule has 0 saturated carbocycles. The van der Waals surface area contributed by atoms with Crippen LogP contribution in [-0.4, -0.2) is 23.5 Å². The number of rotatable bonds is 4. The van der Waals surface area contributed by atoms with Crippen LogP contribution in [0.4, 0.5) is 15.8 Å². The molecule has 2 rings (SSSR count). The molecule has 10 heteroatoms. The molecule has 0 fully saturated rings. The first-order valence-electron chi connectivity index (χ1n) is 4.86. The minimum Gasteiger partial charge on any atom is -0.284 e. The first-order valence-corrected chi connectivity index (χ1v) is 6.34. The van der Waals surface area contributed by atoms with Gasteiger partial charge in [-0.1, -0.05) is 0 Å². The van der Waals surface area contributed by atoms with Gasteiger partial charge in [-0.3, -0.25) is 19.9 Å². The molecule has 0 radical (unpaired) electrons. The number of hydrogen-bond acceptors (Lipinski definition) is 5. The Balaban J connectivity index is 2.39. The van der Waals surface area contributed by atoms with E-state index in [0.29, 0.717) is 0 Å². The zero-order valence-corrected chi connectivity index (χ0v) is 10.0. The second-order valence-electron chi connectivity index (χ2n) is 3.46. The molecule has 1 heterocycles. The van der Waals surface area contributed by atoms with Gasteiger partial charge in [-0.25, -0.2) is 12.8 Å². The third-order valence-electron chi connectivity index (χ3n) is 2.19. The number of non-ortho nitro benzene ring substituents is 1. The van der Waals surface area contributed by atoms with Crippen molar-refractivity contribution < 1.29 is 17.7 Å². The average Bonchev–Trinajstić information content (AvgIpc) is 2.85. The molecule has 0 unspecified atom stereocenters. The first kappa shape index (κ1) is 13.0. The number of benzene rings is 1. The van der Waals surface area contributed by atoms with Crippen molar-refractivity contribution in [1.82, 2.24) is 10.2 Å². The molecule has 0 amide bonds. The predicted molar refractivity (Wildman–Crippen MR) is 62.5 cm³/mol. The minimum atomic E-state index is -4.04. The summed E-state index contributed by atoms with van der Waals surface area (Å²) in [5.74, 6) is -0.919. The molecule has 0 atom stereocenters. The fraction of sp³-hybridized carbons (Fsp3) is 0. The van der Waals surface area contributed by atoms with Gasteiger partial charge >= 0.3 is 0 Å². The van der Waals surface area contributed by atoms with Crippen molar-refractivity contribution in [1.29, 1.82) is 0 Å². The first-order chi connectivity index (χ1) is 8.90. The summed E-state index contributed by atoms with van der Waals surface area (Å²) in [6.45, 7) is 0. The molecular formula is C9H7FN4O4S. The molecule has 2 aromatic rings. The second kappa shape index (κ2) is 4.65. The van der Waals surface area contributed by atoms with Gasteiger partial charge in [0.1, 0.15) is 10.7 Å². The second-order valence-corrected chi connectivity index (χ2v) is 5.14. The van der Waals surface area contributed by atoms with Gasteiger partial charge in [0.05, 0.1) is 16.8 Å². The SMILES string of the molecule is O=[N+]([O-])c1ccc(F)c(NS(=O)(=O)c2cn[nH]c2)c1. The minimum absolute atomic E-state index is 0.210. The van der Waals surface area contributed by atoms with E-state index < -0.39 is 32.1 Å². The van der Waals surface area contributed by atoms with Crippen LogP contribution in [0.1, 0.15) is 0 Å². The fourth-order valence-electron chi connectivity index (χ4n) is 1.29. The summed E-state index contributed by atoms with van der Waals surface area (Å²) < 4.78 is 38.9. The number of halogens is 1. The Morgan fingerprint density at radius 3 is 2.74 bits per heavy atom. The summed E-state index contributed by atoms with van der Waals surface area (Å²) >= 11 is 0. The van der Waals surface area contributed by atoms with Crippen LogP contribution in [-0.2, 0) is 10.0 Å². The third kappa shape index (κ3) is 2.68. The van der Waals surface area contributed by atoms with Crippen molar-refractivity contribution in [2.75, 3.05) is 4.72 Å². The van der Waals surface area contributed by atoms with E-state index in [1.165, 1.54) is 0 Å². The van der Waals surface area contributed by atoms with Crippen LogP contribution in [0, 0.1) is 15.9 Å². The highest BCUT2D eigenvalue weighted by molar-refractivity contribution is 7.92. The number of nitro groups is 1. The third-order valence-corrected chi connectivity index (χ3v) is 3.52. The summed E-state index contributed by atoms with van der Waals surface area (Å²) in [5, 5.41) is 16.3. The van der Waals surface area contributed by atoms with Gasteiger partial charge < -0.3 is 0 Å². The highest BCUT2D eigenvalue weighted by atomic mass is 32.2. The van der Waals surface area contributed by atoms with Crippen molar-refractivity contribution in [3.63, 3.8) is 0 Å². The van der Waals surface area contributed by atoms with Crippen LogP contribution >= 0.6 is 0 Å². The summed E-state index contributed by atoms with van der Waals surface area (Å²) in [4.78, 5) is 9.58. The smallest absolute Gasteiger partial charge is 0.271 e. The zero-order chi connectivity index (χ0) is 14.0. The average molecular weight is 286 g/mol. The van der Waals surface area contributed by atoms with Crippen LogP contribution in [0.5, 0.6) is 0 Å². The van der Waals surface area contributed by atoms with Crippen LogP contribution < -0.4 is 4.72 Å². The Kier molecular flexibility index (Phi) is 3.17. The Hall–Kier alpha value is -2.49. The zero-order valence-electron chi connectivity index (χ0n) is 9.20. The maximum atomic E-state index is 13.4. The van der Waals surface area contributed by atoms with Gasteiger partial charge in [-0.2, -0.15) is 5.10 Å². The number of H-pyrrole nitrogens is 1. The van der Waals surface area contributed by atoms with E-state index in [1.54, 1.807) is 0 Å². The van der Waals surface area contributed by atoms with E-state index in [-0.39, 0.29) is 4.90 Å². The maximum absolute atomic E-state index is 13.4. The predicted octanol–water partition coefficient (Wildman–Crippen LogP) is 1.26. The van der Waals surface area contributed by atoms with Gasteiger partial charge in [-0.15, -0.1) is 0 Å². The monoisotopic (exact) mass is 286 g/mol. The molecule has 2 N–H and O–H groups in total. The van der Waals surface area contributed by atoms with Gasteiger partial charge in [0.15, 0.2) is 0 Å². The molecule has 0 spiro atoms. The van der Waals surface area contributed by atoms with Crippen molar-refractivity contribution in [2.45, 2.75) is 4.90 Å². The van der Waals surface area contributed by atoms with Crippen LogP contribution in [0.3, 0.4) is 0 Å². The molecule has 0 aliphatic carbocycles. The lowest BCUT2D eigenvalue weighted by atomic mass is 10.3. The molecule has 0 saturated heterocycles. The van der Waals surface area contributed by atoms with E-state index >= 15 is 0 Å². The largest absolute Gasteiger partial charge is 0.284 e. The molecule has 100 valence electrons. The van der Waals surface area contributed by atoms with Gasteiger partial charge in [-0.05, 0) is 6.07 Å². The standard InChI is InChI=1S/C9H7FN4O4S/c10-8-2-1-6(14(15)16)3-9(8)13-19(17,18)7-4-11-12-5-7/h1-5,13H,(H,11,12).